The highest BCUT2D eigenvalue weighted by atomic mass is 16.6. The fourth-order valence-corrected chi connectivity index (χ4v) is 8.09. The molecule has 144 valence electrons. The second-order valence-corrected chi connectivity index (χ2v) is 10.7. The van der Waals surface area contributed by atoms with Crippen molar-refractivity contribution < 1.29 is 9.84 Å². The number of rotatable bonds is 0. The van der Waals surface area contributed by atoms with E-state index < -0.39 is 6.29 Å². The van der Waals surface area contributed by atoms with Crippen LogP contribution in [-0.2, 0) is 4.74 Å². The lowest BCUT2D eigenvalue weighted by atomic mass is 9.50. The number of hydrogen-bond acceptors (Lipinski definition) is 2. The summed E-state index contributed by atoms with van der Waals surface area (Å²) in [5, 5.41) is 10.2. The van der Waals surface area contributed by atoms with Gasteiger partial charge in [-0.25, -0.2) is 0 Å². The maximum Gasteiger partial charge on any atom is 0.155 e. The Hall–Kier alpha value is -0.600. The van der Waals surface area contributed by atoms with Gasteiger partial charge in [0.2, 0.25) is 0 Å². The van der Waals surface area contributed by atoms with Gasteiger partial charge in [-0.2, -0.15) is 0 Å². The lowest BCUT2D eigenvalue weighted by Gasteiger charge is -2.55. The van der Waals surface area contributed by atoms with Crippen LogP contribution in [0.1, 0.15) is 79.1 Å². The number of allylic oxidation sites excluding steroid dienone is 4. The van der Waals surface area contributed by atoms with Crippen molar-refractivity contribution in [3.8, 4) is 0 Å². The molecule has 2 saturated carbocycles. The molecule has 26 heavy (non-hydrogen) atoms. The molecule has 5 rings (SSSR count). The van der Waals surface area contributed by atoms with Gasteiger partial charge in [0, 0.05) is 17.3 Å². The Kier molecular flexibility index (Phi) is 3.68. The maximum atomic E-state index is 10.2. The molecule has 1 N–H and O–H groups in total. The zero-order chi connectivity index (χ0) is 18.3. The van der Waals surface area contributed by atoms with E-state index in [2.05, 4.69) is 39.8 Å². The molecule has 0 aromatic heterocycles. The molecular formula is C24H36O2. The monoisotopic (exact) mass is 356 g/mol. The van der Waals surface area contributed by atoms with Crippen LogP contribution in [0.3, 0.4) is 0 Å². The summed E-state index contributed by atoms with van der Waals surface area (Å²) >= 11 is 0. The summed E-state index contributed by atoms with van der Waals surface area (Å²) in [4.78, 5) is 0. The van der Waals surface area contributed by atoms with Crippen LogP contribution in [-0.4, -0.2) is 17.0 Å². The molecule has 1 aliphatic heterocycles. The van der Waals surface area contributed by atoms with E-state index in [4.69, 9.17) is 4.74 Å². The number of fused-ring (bicyclic) bond motifs is 6. The molecule has 8 atom stereocenters. The van der Waals surface area contributed by atoms with Crippen molar-refractivity contribution in [2.45, 2.75) is 91.0 Å². The Morgan fingerprint density at radius 2 is 1.92 bits per heavy atom. The first kappa shape index (κ1) is 17.5. The van der Waals surface area contributed by atoms with Crippen molar-refractivity contribution in [3.63, 3.8) is 0 Å². The normalized spacial score (nSPS) is 55.8. The Bertz CT molecular complexity index is 678. The van der Waals surface area contributed by atoms with Crippen molar-refractivity contribution >= 4 is 0 Å². The van der Waals surface area contributed by atoms with Gasteiger partial charge in [-0.15, -0.1) is 0 Å². The van der Waals surface area contributed by atoms with Gasteiger partial charge in [0.05, 0.1) is 5.60 Å². The molecule has 1 heterocycles. The first-order chi connectivity index (χ1) is 12.3. The highest BCUT2D eigenvalue weighted by Gasteiger charge is 2.67. The third-order valence-electron chi connectivity index (χ3n) is 9.58. The second kappa shape index (κ2) is 5.47. The molecule has 8 unspecified atom stereocenters. The lowest BCUT2D eigenvalue weighted by Crippen LogP contribution is -2.52. The molecular weight excluding hydrogens is 320 g/mol. The molecule has 1 saturated heterocycles. The fourth-order valence-electron chi connectivity index (χ4n) is 8.09. The predicted octanol–water partition coefficient (Wildman–Crippen LogP) is 5.62. The van der Waals surface area contributed by atoms with Gasteiger partial charge >= 0.3 is 0 Å². The van der Waals surface area contributed by atoms with E-state index in [0.29, 0.717) is 11.3 Å². The SMILES string of the molecule is CC1C=C2CCC3C(=CCC4(C)C3CC(C)C43CCC(O)O3)C2(C)CC1. The standard InChI is InChI=1S/C24H36O2/c1-15-7-10-22(3)17(13-15)5-6-18-19(22)8-11-23(4)20(18)14-16(2)24(23)12-9-21(25)26-24/h8,13,15-16,18,20-21,25H,5-7,9-12,14H2,1-4H3. The molecule has 0 aromatic rings. The maximum absolute atomic E-state index is 10.2. The third-order valence-corrected chi connectivity index (χ3v) is 9.58. The number of aliphatic hydroxyl groups excluding tert-OH is 1. The summed E-state index contributed by atoms with van der Waals surface area (Å²) in [5.74, 6) is 2.76. The van der Waals surface area contributed by atoms with Gasteiger partial charge in [0.25, 0.3) is 0 Å². The average molecular weight is 357 g/mol. The first-order valence-corrected chi connectivity index (χ1v) is 11.1. The van der Waals surface area contributed by atoms with Crippen molar-refractivity contribution in [1.29, 1.82) is 0 Å². The predicted molar refractivity (Wildman–Crippen MR) is 104 cm³/mol. The van der Waals surface area contributed by atoms with E-state index in [9.17, 15) is 5.11 Å². The van der Waals surface area contributed by atoms with Crippen molar-refractivity contribution in [3.05, 3.63) is 23.3 Å². The van der Waals surface area contributed by atoms with Gasteiger partial charge in [0.1, 0.15) is 0 Å². The van der Waals surface area contributed by atoms with Crippen molar-refractivity contribution in [2.75, 3.05) is 0 Å². The summed E-state index contributed by atoms with van der Waals surface area (Å²) in [6.45, 7) is 9.80. The van der Waals surface area contributed by atoms with E-state index in [1.807, 2.05) is 0 Å². The van der Waals surface area contributed by atoms with E-state index in [1.54, 1.807) is 11.1 Å². The molecule has 0 bridgehead atoms. The summed E-state index contributed by atoms with van der Waals surface area (Å²) in [6.07, 6.45) is 14.2. The Morgan fingerprint density at radius 1 is 1.12 bits per heavy atom. The summed E-state index contributed by atoms with van der Waals surface area (Å²) < 4.78 is 6.33. The third kappa shape index (κ3) is 2.01. The van der Waals surface area contributed by atoms with Crippen LogP contribution in [0.4, 0.5) is 0 Å². The van der Waals surface area contributed by atoms with Crippen LogP contribution in [0.5, 0.6) is 0 Å². The number of aliphatic hydroxyl groups is 1. The van der Waals surface area contributed by atoms with E-state index in [1.165, 1.54) is 32.1 Å². The van der Waals surface area contributed by atoms with Crippen molar-refractivity contribution in [2.24, 2.45) is 34.5 Å². The minimum Gasteiger partial charge on any atom is -0.368 e. The minimum atomic E-state index is -0.545. The van der Waals surface area contributed by atoms with E-state index in [0.717, 1.165) is 37.0 Å². The van der Waals surface area contributed by atoms with E-state index in [-0.39, 0.29) is 11.0 Å². The van der Waals surface area contributed by atoms with Gasteiger partial charge in [-0.05, 0) is 68.6 Å². The smallest absolute Gasteiger partial charge is 0.155 e. The quantitative estimate of drug-likeness (QED) is 0.571. The molecule has 2 heteroatoms. The van der Waals surface area contributed by atoms with Crippen LogP contribution in [0.2, 0.25) is 0 Å². The summed E-state index contributed by atoms with van der Waals surface area (Å²) in [5.41, 5.74) is 3.92. The molecule has 0 aromatic carbocycles. The highest BCUT2D eigenvalue weighted by molar-refractivity contribution is 5.39. The van der Waals surface area contributed by atoms with Crippen LogP contribution < -0.4 is 0 Å². The largest absolute Gasteiger partial charge is 0.368 e. The molecule has 3 fully saturated rings. The Labute approximate surface area is 159 Å². The second-order valence-electron chi connectivity index (χ2n) is 10.7. The van der Waals surface area contributed by atoms with Crippen molar-refractivity contribution in [1.82, 2.24) is 0 Å². The van der Waals surface area contributed by atoms with Gasteiger partial charge in [-0.1, -0.05) is 51.0 Å². The topological polar surface area (TPSA) is 29.5 Å². The highest BCUT2D eigenvalue weighted by Crippen LogP contribution is 2.69. The molecule has 4 aliphatic carbocycles. The van der Waals surface area contributed by atoms with Crippen LogP contribution in [0, 0.1) is 34.5 Å². The molecule has 2 nitrogen and oxygen atoms in total. The molecule has 0 amide bonds. The van der Waals surface area contributed by atoms with Gasteiger partial charge < -0.3 is 9.84 Å². The molecule has 5 aliphatic rings. The van der Waals surface area contributed by atoms with Crippen LogP contribution in [0.15, 0.2) is 23.3 Å². The van der Waals surface area contributed by atoms with Crippen LogP contribution in [0.25, 0.3) is 0 Å². The Morgan fingerprint density at radius 3 is 2.65 bits per heavy atom. The molecule has 1 spiro atoms. The summed E-state index contributed by atoms with van der Waals surface area (Å²) in [6, 6.07) is 0. The fraction of sp³-hybridized carbons (Fsp3) is 0.833. The lowest BCUT2D eigenvalue weighted by molar-refractivity contribution is -0.194. The number of hydrogen-bond donors (Lipinski definition) is 1. The van der Waals surface area contributed by atoms with Crippen LogP contribution >= 0.6 is 0 Å². The Balaban J connectivity index is 1.56. The first-order valence-electron chi connectivity index (χ1n) is 11.1. The molecule has 0 radical (unpaired) electrons. The minimum absolute atomic E-state index is 0.1000. The zero-order valence-electron chi connectivity index (χ0n) is 17.1. The number of ether oxygens (including phenoxy) is 1. The average Bonchev–Trinajstić information content (AvgIpc) is 3.10. The van der Waals surface area contributed by atoms with E-state index >= 15 is 0 Å². The zero-order valence-corrected chi connectivity index (χ0v) is 17.1. The van der Waals surface area contributed by atoms with Gasteiger partial charge in [0.15, 0.2) is 6.29 Å². The summed E-state index contributed by atoms with van der Waals surface area (Å²) in [7, 11) is 0. The van der Waals surface area contributed by atoms with Gasteiger partial charge in [-0.3, -0.25) is 0 Å².